The summed E-state index contributed by atoms with van der Waals surface area (Å²) in [7, 11) is 0. The van der Waals surface area contributed by atoms with Gasteiger partial charge in [0.05, 0.1) is 0 Å². The second-order valence-electron chi connectivity index (χ2n) is 3.91. The first-order chi connectivity index (χ1) is 8.60. The van der Waals surface area contributed by atoms with Crippen molar-refractivity contribution in [3.8, 4) is 0 Å². The Labute approximate surface area is 123 Å². The van der Waals surface area contributed by atoms with Crippen molar-refractivity contribution in [3.05, 3.63) is 34.1 Å². The molecule has 0 saturated heterocycles. The number of aromatic nitrogens is 2. The molecule has 18 heavy (non-hydrogen) atoms. The number of benzene rings is 1. The first kappa shape index (κ1) is 14.0. The van der Waals surface area contributed by atoms with Crippen LogP contribution in [0.15, 0.2) is 31.9 Å². The number of aryl methyl sites for hydroxylation is 1. The van der Waals surface area contributed by atoms with Crippen molar-refractivity contribution < 1.29 is 0 Å². The predicted molar refractivity (Wildman–Crippen MR) is 80.2 cm³/mol. The van der Waals surface area contributed by atoms with Crippen LogP contribution in [-0.2, 0) is 6.42 Å². The maximum absolute atomic E-state index is 5.86. The van der Waals surface area contributed by atoms with Crippen molar-refractivity contribution in [1.29, 1.82) is 0 Å². The van der Waals surface area contributed by atoms with Gasteiger partial charge in [0.1, 0.15) is 5.82 Å². The molecule has 0 spiro atoms. The quantitative estimate of drug-likeness (QED) is 0.910. The average Bonchev–Trinajstić information content (AvgIpc) is 2.79. The third-order valence-electron chi connectivity index (χ3n) is 2.44. The van der Waals surface area contributed by atoms with Crippen LogP contribution in [-0.4, -0.2) is 9.36 Å². The molecule has 96 valence electrons. The Morgan fingerprint density at radius 2 is 2.28 bits per heavy atom. The van der Waals surface area contributed by atoms with E-state index < -0.39 is 0 Å². The highest BCUT2D eigenvalue weighted by Crippen LogP contribution is 2.35. The third-order valence-corrected chi connectivity index (χ3v) is 5.23. The standard InChI is InChI=1S/C12H14BrN3S2/c1-3-11-15-12(18-16-11)17-10-5-4-8(7(2)14)6-9(10)13/h4-7H,3,14H2,1-2H3/t7-/m1/s1. The lowest BCUT2D eigenvalue weighted by molar-refractivity contribution is 0.815. The van der Waals surface area contributed by atoms with Gasteiger partial charge in [0, 0.05) is 21.8 Å². The minimum atomic E-state index is 0.0496. The molecule has 0 aliphatic rings. The zero-order valence-electron chi connectivity index (χ0n) is 10.2. The van der Waals surface area contributed by atoms with Crippen molar-refractivity contribution in [3.63, 3.8) is 0 Å². The lowest BCUT2D eigenvalue weighted by atomic mass is 10.1. The maximum atomic E-state index is 5.86. The zero-order chi connectivity index (χ0) is 13.1. The molecule has 1 aromatic heterocycles. The summed E-state index contributed by atoms with van der Waals surface area (Å²) in [6, 6.07) is 6.24. The number of hydrogen-bond donors (Lipinski definition) is 1. The van der Waals surface area contributed by atoms with Gasteiger partial charge in [0.15, 0.2) is 4.34 Å². The van der Waals surface area contributed by atoms with E-state index >= 15 is 0 Å². The van der Waals surface area contributed by atoms with Gasteiger partial charge in [-0.3, -0.25) is 0 Å². The van der Waals surface area contributed by atoms with E-state index in [0.717, 1.165) is 31.5 Å². The van der Waals surface area contributed by atoms with E-state index in [2.05, 4.69) is 50.4 Å². The summed E-state index contributed by atoms with van der Waals surface area (Å²) in [5, 5.41) is 0. The molecule has 0 saturated carbocycles. The number of halogens is 1. The first-order valence-electron chi connectivity index (χ1n) is 5.65. The van der Waals surface area contributed by atoms with Gasteiger partial charge in [0.25, 0.3) is 0 Å². The molecule has 0 amide bonds. The van der Waals surface area contributed by atoms with Gasteiger partial charge in [-0.15, -0.1) is 0 Å². The predicted octanol–water partition coefficient (Wildman–Crippen LogP) is 4.03. The van der Waals surface area contributed by atoms with Crippen molar-refractivity contribution in [2.24, 2.45) is 5.73 Å². The Morgan fingerprint density at radius 1 is 1.50 bits per heavy atom. The maximum Gasteiger partial charge on any atom is 0.174 e. The number of rotatable bonds is 4. The van der Waals surface area contributed by atoms with Crippen LogP contribution in [0, 0.1) is 0 Å². The Bertz CT molecular complexity index is 540. The summed E-state index contributed by atoms with van der Waals surface area (Å²) < 4.78 is 6.31. The van der Waals surface area contributed by atoms with E-state index in [1.807, 2.05) is 6.92 Å². The van der Waals surface area contributed by atoms with E-state index in [9.17, 15) is 0 Å². The first-order valence-corrected chi connectivity index (χ1v) is 8.04. The Morgan fingerprint density at radius 3 is 2.83 bits per heavy atom. The van der Waals surface area contributed by atoms with E-state index in [1.165, 1.54) is 11.5 Å². The lowest BCUT2D eigenvalue weighted by Crippen LogP contribution is -2.04. The summed E-state index contributed by atoms with van der Waals surface area (Å²) in [5.74, 6) is 0.908. The van der Waals surface area contributed by atoms with Crippen LogP contribution in [0.2, 0.25) is 0 Å². The molecule has 2 aromatic rings. The van der Waals surface area contributed by atoms with Crippen molar-refractivity contribution in [2.45, 2.75) is 35.5 Å². The Kier molecular flexibility index (Phi) is 4.77. The van der Waals surface area contributed by atoms with Gasteiger partial charge < -0.3 is 5.73 Å². The highest BCUT2D eigenvalue weighted by molar-refractivity contribution is 9.10. The normalized spacial score (nSPS) is 12.7. The van der Waals surface area contributed by atoms with E-state index in [4.69, 9.17) is 5.73 Å². The van der Waals surface area contributed by atoms with Gasteiger partial charge in [0.2, 0.25) is 0 Å². The van der Waals surface area contributed by atoms with Crippen LogP contribution < -0.4 is 5.73 Å². The average molecular weight is 344 g/mol. The third kappa shape index (κ3) is 3.32. The van der Waals surface area contributed by atoms with Crippen LogP contribution in [0.4, 0.5) is 0 Å². The summed E-state index contributed by atoms with van der Waals surface area (Å²) in [6.45, 7) is 4.04. The van der Waals surface area contributed by atoms with Crippen molar-refractivity contribution >= 4 is 39.2 Å². The van der Waals surface area contributed by atoms with Gasteiger partial charge in [-0.2, -0.15) is 4.37 Å². The summed E-state index contributed by atoms with van der Waals surface area (Å²) in [4.78, 5) is 5.58. The summed E-state index contributed by atoms with van der Waals surface area (Å²) >= 11 is 6.65. The minimum absolute atomic E-state index is 0.0496. The van der Waals surface area contributed by atoms with Crippen LogP contribution in [0.3, 0.4) is 0 Å². The molecule has 1 aromatic carbocycles. The molecular formula is C12H14BrN3S2. The molecule has 0 bridgehead atoms. The molecule has 2 rings (SSSR count). The fourth-order valence-corrected chi connectivity index (χ4v) is 3.70. The molecule has 0 unspecified atom stereocenters. The van der Waals surface area contributed by atoms with E-state index in [0.29, 0.717) is 0 Å². The molecule has 0 aliphatic heterocycles. The lowest BCUT2D eigenvalue weighted by Gasteiger charge is -2.08. The second kappa shape index (κ2) is 6.14. The van der Waals surface area contributed by atoms with Crippen LogP contribution in [0.25, 0.3) is 0 Å². The Hall–Kier alpha value is -0.430. The highest BCUT2D eigenvalue weighted by Gasteiger charge is 2.09. The topological polar surface area (TPSA) is 51.8 Å². The highest BCUT2D eigenvalue weighted by atomic mass is 79.9. The van der Waals surface area contributed by atoms with Crippen molar-refractivity contribution in [2.75, 3.05) is 0 Å². The molecule has 3 nitrogen and oxygen atoms in total. The van der Waals surface area contributed by atoms with Gasteiger partial charge in [-0.05, 0) is 52.1 Å². The number of hydrogen-bond acceptors (Lipinski definition) is 5. The molecule has 0 aliphatic carbocycles. The number of nitrogens with two attached hydrogens (primary N) is 1. The summed E-state index contributed by atoms with van der Waals surface area (Å²) in [5.41, 5.74) is 6.98. The smallest absolute Gasteiger partial charge is 0.174 e. The van der Waals surface area contributed by atoms with Crippen LogP contribution in [0.5, 0.6) is 0 Å². The van der Waals surface area contributed by atoms with Crippen LogP contribution in [0.1, 0.15) is 31.3 Å². The second-order valence-corrected chi connectivity index (χ2v) is 6.81. The molecular weight excluding hydrogens is 330 g/mol. The SMILES string of the molecule is CCc1nsc(Sc2ccc([C@@H](C)N)cc2Br)n1. The van der Waals surface area contributed by atoms with Crippen molar-refractivity contribution in [1.82, 2.24) is 9.36 Å². The fraction of sp³-hybridized carbons (Fsp3) is 0.333. The van der Waals surface area contributed by atoms with E-state index in [-0.39, 0.29) is 6.04 Å². The fourth-order valence-electron chi connectivity index (χ4n) is 1.40. The monoisotopic (exact) mass is 343 g/mol. The van der Waals surface area contributed by atoms with Crippen LogP contribution >= 0.6 is 39.2 Å². The molecule has 0 radical (unpaired) electrons. The molecule has 2 N–H and O–H groups in total. The largest absolute Gasteiger partial charge is 0.324 e. The number of nitrogens with zero attached hydrogens (tertiary/aromatic N) is 2. The van der Waals surface area contributed by atoms with Gasteiger partial charge in [-0.25, -0.2) is 4.98 Å². The molecule has 6 heteroatoms. The zero-order valence-corrected chi connectivity index (χ0v) is 13.4. The molecule has 1 heterocycles. The van der Waals surface area contributed by atoms with Gasteiger partial charge >= 0.3 is 0 Å². The Balaban J connectivity index is 2.19. The minimum Gasteiger partial charge on any atom is -0.324 e. The van der Waals surface area contributed by atoms with Gasteiger partial charge in [-0.1, -0.05) is 24.8 Å². The summed E-state index contributed by atoms with van der Waals surface area (Å²) in [6.07, 6.45) is 0.877. The van der Waals surface area contributed by atoms with E-state index in [1.54, 1.807) is 11.8 Å². The molecule has 0 fully saturated rings. The molecule has 1 atom stereocenters.